The van der Waals surface area contributed by atoms with Crippen molar-refractivity contribution in [2.75, 3.05) is 38.1 Å². The number of likely N-dealkylation sites (tertiary alicyclic amines) is 1. The minimum absolute atomic E-state index is 0.0238. The van der Waals surface area contributed by atoms with E-state index in [1.807, 2.05) is 12.2 Å². The van der Waals surface area contributed by atoms with Crippen molar-refractivity contribution in [2.24, 2.45) is 11.8 Å². The maximum Gasteiger partial charge on any atom is 0.290 e. The molecular weight excluding hydrogens is 386 g/mol. The number of amides is 2. The minimum Gasteiger partial charge on any atom is -0.483 e. The van der Waals surface area contributed by atoms with Gasteiger partial charge < -0.3 is 25.0 Å². The molecule has 4 atom stereocenters. The Kier molecular flexibility index (Phi) is 5.51. The molecule has 30 heavy (non-hydrogen) atoms. The third-order valence-electron chi connectivity index (χ3n) is 6.48. The summed E-state index contributed by atoms with van der Waals surface area (Å²) < 4.78 is 6.04. The van der Waals surface area contributed by atoms with Crippen molar-refractivity contribution in [3.8, 4) is 0 Å². The van der Waals surface area contributed by atoms with E-state index in [1.54, 1.807) is 11.9 Å². The summed E-state index contributed by atoms with van der Waals surface area (Å²) in [5, 5.41) is 9.94. The van der Waals surface area contributed by atoms with Gasteiger partial charge in [0.2, 0.25) is 11.8 Å². The molecule has 0 aromatic heterocycles. The first kappa shape index (κ1) is 20.4. The first-order chi connectivity index (χ1) is 14.5. The average molecular weight is 413 g/mol. The molecule has 0 saturated carbocycles. The first-order valence-corrected chi connectivity index (χ1v) is 10.3. The van der Waals surface area contributed by atoms with Gasteiger partial charge in [-0.1, -0.05) is 30.4 Å². The van der Waals surface area contributed by atoms with Crippen LogP contribution in [0.3, 0.4) is 0 Å². The van der Waals surface area contributed by atoms with Crippen LogP contribution in [-0.2, 0) is 25.5 Å². The Morgan fingerprint density at radius 3 is 2.97 bits per heavy atom. The summed E-state index contributed by atoms with van der Waals surface area (Å²) in [5.41, 5.74) is 2.14. The largest absolute Gasteiger partial charge is 0.483 e. The van der Waals surface area contributed by atoms with E-state index >= 15 is 0 Å². The fourth-order valence-corrected chi connectivity index (χ4v) is 5.23. The van der Waals surface area contributed by atoms with E-state index in [0.29, 0.717) is 13.1 Å². The summed E-state index contributed by atoms with van der Waals surface area (Å²) >= 11 is 0. The molecule has 0 aliphatic carbocycles. The number of carbonyl (C=O) groups is 3. The van der Waals surface area contributed by atoms with Gasteiger partial charge in [0.15, 0.2) is 0 Å². The summed E-state index contributed by atoms with van der Waals surface area (Å²) in [4.78, 5) is 37.8. The van der Waals surface area contributed by atoms with Gasteiger partial charge in [0.1, 0.15) is 5.60 Å². The van der Waals surface area contributed by atoms with Crippen molar-refractivity contribution in [1.29, 1.82) is 0 Å². The predicted octanol–water partition coefficient (Wildman–Crippen LogP) is 0.668. The molecule has 8 heteroatoms. The molecule has 4 aliphatic rings. The fourth-order valence-electron chi connectivity index (χ4n) is 5.23. The van der Waals surface area contributed by atoms with Gasteiger partial charge in [-0.3, -0.25) is 14.4 Å². The lowest BCUT2D eigenvalue weighted by atomic mass is 9.77. The molecule has 8 nitrogen and oxygen atoms in total. The van der Waals surface area contributed by atoms with Gasteiger partial charge in [0.25, 0.3) is 6.47 Å². The summed E-state index contributed by atoms with van der Waals surface area (Å²) in [6, 6.07) is 8.52. The highest BCUT2D eigenvalue weighted by atomic mass is 16.5. The van der Waals surface area contributed by atoms with Crippen LogP contribution in [0.5, 0.6) is 0 Å². The van der Waals surface area contributed by atoms with Crippen LogP contribution in [0, 0.1) is 11.8 Å². The van der Waals surface area contributed by atoms with Gasteiger partial charge in [0, 0.05) is 32.4 Å². The fraction of sp³-hybridized carbons (Fsp3) is 0.500. The van der Waals surface area contributed by atoms with Crippen molar-refractivity contribution in [2.45, 2.75) is 24.5 Å². The molecule has 0 unspecified atom stereocenters. The second-order valence-electron chi connectivity index (χ2n) is 8.21. The van der Waals surface area contributed by atoms with Gasteiger partial charge in [-0.25, -0.2) is 0 Å². The molecule has 1 aromatic rings. The third kappa shape index (κ3) is 3.35. The summed E-state index contributed by atoms with van der Waals surface area (Å²) in [5.74, 6) is -0.805. The number of hydrogen-bond donors (Lipinski definition) is 2. The molecule has 160 valence electrons. The SMILES string of the molecule is CN1C[C@]23C=C[C@H](O2)[C@H](C(=O)NCCCN2CCc4ccccc42)[C@@H]3C1=O.O=CO. The van der Waals surface area contributed by atoms with E-state index in [1.165, 1.54) is 11.3 Å². The van der Waals surface area contributed by atoms with Gasteiger partial charge in [-0.05, 0) is 24.5 Å². The van der Waals surface area contributed by atoms with E-state index in [4.69, 9.17) is 14.6 Å². The molecule has 2 saturated heterocycles. The second-order valence-corrected chi connectivity index (χ2v) is 8.21. The van der Waals surface area contributed by atoms with Crippen molar-refractivity contribution in [3.05, 3.63) is 42.0 Å². The first-order valence-electron chi connectivity index (χ1n) is 10.3. The zero-order chi connectivity index (χ0) is 21.3. The van der Waals surface area contributed by atoms with Gasteiger partial charge in [-0.2, -0.15) is 0 Å². The van der Waals surface area contributed by atoms with Crippen molar-refractivity contribution in [1.82, 2.24) is 10.2 Å². The van der Waals surface area contributed by atoms with E-state index in [2.05, 4.69) is 34.5 Å². The Bertz CT molecular complexity index is 872. The number of hydrogen-bond acceptors (Lipinski definition) is 5. The Morgan fingerprint density at radius 1 is 1.40 bits per heavy atom. The Morgan fingerprint density at radius 2 is 2.17 bits per heavy atom. The maximum absolute atomic E-state index is 12.8. The van der Waals surface area contributed by atoms with Crippen molar-refractivity contribution < 1.29 is 24.2 Å². The van der Waals surface area contributed by atoms with Crippen LogP contribution in [0.2, 0.25) is 0 Å². The van der Waals surface area contributed by atoms with Gasteiger partial charge in [0.05, 0.1) is 24.5 Å². The maximum atomic E-state index is 12.8. The zero-order valence-electron chi connectivity index (χ0n) is 17.0. The number of fused-ring (bicyclic) bond motifs is 2. The van der Waals surface area contributed by atoms with Gasteiger partial charge >= 0.3 is 0 Å². The molecule has 0 radical (unpaired) electrons. The normalized spacial score (nSPS) is 30.0. The number of carbonyl (C=O) groups excluding carboxylic acids is 2. The van der Waals surface area contributed by atoms with Crippen LogP contribution in [0.15, 0.2) is 36.4 Å². The van der Waals surface area contributed by atoms with Crippen LogP contribution in [-0.4, -0.2) is 73.2 Å². The number of nitrogens with zero attached hydrogens (tertiary/aromatic N) is 2. The molecular formula is C22H27N3O5. The highest BCUT2D eigenvalue weighted by Gasteiger charge is 2.66. The quantitative estimate of drug-likeness (QED) is 0.418. The standard InChI is InChI=1S/C21H25N3O3.CH2O2/c1-23-13-21-9-7-16(27-21)17(18(21)20(23)26)19(25)22-10-4-11-24-12-8-14-5-2-3-6-15(14)24;2-1-3/h2-3,5-7,9,16-18H,4,8,10-13H2,1H3,(H,22,25);1H,(H,2,3)/t16-,17-,18+,21-;/m0./s1. The number of ether oxygens (including phenoxy) is 1. The van der Waals surface area contributed by atoms with Crippen molar-refractivity contribution >= 4 is 24.0 Å². The number of para-hydroxylation sites is 1. The van der Waals surface area contributed by atoms with Crippen LogP contribution in [0.25, 0.3) is 0 Å². The zero-order valence-corrected chi connectivity index (χ0v) is 17.0. The minimum atomic E-state index is -0.586. The lowest BCUT2D eigenvalue weighted by molar-refractivity contribution is -0.136. The molecule has 4 heterocycles. The second kappa shape index (κ2) is 8.10. The number of anilines is 1. The molecule has 2 fully saturated rings. The van der Waals surface area contributed by atoms with Crippen LogP contribution < -0.4 is 10.2 Å². The van der Waals surface area contributed by atoms with Crippen LogP contribution >= 0.6 is 0 Å². The molecule has 4 aliphatic heterocycles. The molecule has 1 spiro atoms. The Labute approximate surface area is 175 Å². The molecule has 2 bridgehead atoms. The lowest BCUT2D eigenvalue weighted by Gasteiger charge is -2.24. The van der Waals surface area contributed by atoms with E-state index in [-0.39, 0.29) is 30.3 Å². The number of likely N-dealkylation sites (N-methyl/N-ethyl adjacent to an activating group) is 1. The predicted molar refractivity (Wildman–Crippen MR) is 110 cm³/mol. The van der Waals surface area contributed by atoms with Crippen LogP contribution in [0.4, 0.5) is 5.69 Å². The lowest BCUT2D eigenvalue weighted by Crippen LogP contribution is -2.44. The Balaban J connectivity index is 0.000000687. The van der Waals surface area contributed by atoms with Gasteiger partial charge in [-0.15, -0.1) is 0 Å². The highest BCUT2D eigenvalue weighted by molar-refractivity contribution is 5.92. The van der Waals surface area contributed by atoms with E-state index in [0.717, 1.165) is 25.9 Å². The van der Waals surface area contributed by atoms with Crippen molar-refractivity contribution in [3.63, 3.8) is 0 Å². The number of nitrogens with one attached hydrogen (secondary N) is 1. The Hall–Kier alpha value is -2.87. The monoisotopic (exact) mass is 413 g/mol. The summed E-state index contributed by atoms with van der Waals surface area (Å²) in [6.45, 7) is 2.88. The number of carboxylic acid groups (broad SMARTS) is 1. The molecule has 2 N–H and O–H groups in total. The van der Waals surface area contributed by atoms with E-state index < -0.39 is 11.5 Å². The smallest absolute Gasteiger partial charge is 0.290 e. The van der Waals surface area contributed by atoms with E-state index in [9.17, 15) is 9.59 Å². The topological polar surface area (TPSA) is 99.2 Å². The summed E-state index contributed by atoms with van der Waals surface area (Å²) in [7, 11) is 1.78. The number of benzene rings is 1. The summed E-state index contributed by atoms with van der Waals surface area (Å²) in [6.07, 6.45) is 5.65. The molecule has 1 aromatic carbocycles. The average Bonchev–Trinajstić information content (AvgIpc) is 3.46. The number of rotatable bonds is 5. The molecule has 5 rings (SSSR count). The molecule has 2 amide bonds. The third-order valence-corrected chi connectivity index (χ3v) is 6.48. The van der Waals surface area contributed by atoms with Crippen LogP contribution in [0.1, 0.15) is 12.0 Å². The highest BCUT2D eigenvalue weighted by Crippen LogP contribution is 2.51.